The number of nitrogens with zero attached hydrogens (tertiary/aromatic N) is 6. The third kappa shape index (κ3) is 3.97. The van der Waals surface area contributed by atoms with Crippen LogP contribution in [0.15, 0.2) is 46.5 Å². The first-order valence-electron chi connectivity index (χ1n) is 7.12. The third-order valence-corrected chi connectivity index (χ3v) is 5.41. The largest absolute Gasteiger partial charge is 0.297 e. The molecule has 0 aliphatic carbocycles. The summed E-state index contributed by atoms with van der Waals surface area (Å²) >= 11 is 9.02. The van der Waals surface area contributed by atoms with Gasteiger partial charge in [-0.1, -0.05) is 28.1 Å². The van der Waals surface area contributed by atoms with Crippen molar-refractivity contribution in [3.05, 3.63) is 62.5 Å². The lowest BCUT2D eigenvalue weighted by molar-refractivity contribution is 0.0988. The van der Waals surface area contributed by atoms with Gasteiger partial charge in [0.1, 0.15) is 10.0 Å². The van der Waals surface area contributed by atoms with Crippen LogP contribution in [0.4, 0.5) is 5.00 Å². The average molecular weight is 391 g/mol. The highest BCUT2D eigenvalue weighted by Crippen LogP contribution is 2.38. The number of carbonyl (C=O) groups excluding carboxylic acids is 1. The Hall–Kier alpha value is -2.45. The normalized spacial score (nSPS) is 10.3. The second-order valence-electron chi connectivity index (χ2n) is 4.78. The molecule has 0 aliphatic heterocycles. The summed E-state index contributed by atoms with van der Waals surface area (Å²) in [5.74, 6) is -0.210. The lowest BCUT2D eigenvalue weighted by Crippen LogP contribution is -2.32. The molecule has 0 saturated heterocycles. The van der Waals surface area contributed by atoms with E-state index in [1.54, 1.807) is 29.9 Å². The smallest absolute Gasteiger partial charge is 0.259 e. The maximum atomic E-state index is 12.8. The summed E-state index contributed by atoms with van der Waals surface area (Å²) in [5, 5.41) is 8.52. The molecule has 25 heavy (non-hydrogen) atoms. The van der Waals surface area contributed by atoms with Crippen LogP contribution in [0.25, 0.3) is 21.0 Å². The van der Waals surface area contributed by atoms with Crippen LogP contribution in [0.2, 0.25) is 5.15 Å². The van der Waals surface area contributed by atoms with Gasteiger partial charge in [0.05, 0.1) is 5.56 Å². The molecule has 10 heteroatoms. The van der Waals surface area contributed by atoms with Crippen molar-refractivity contribution >= 4 is 45.2 Å². The van der Waals surface area contributed by atoms with Gasteiger partial charge in [0.15, 0.2) is 5.15 Å². The summed E-state index contributed by atoms with van der Waals surface area (Å²) in [7, 11) is 0. The van der Waals surface area contributed by atoms with Gasteiger partial charge in [0.25, 0.3) is 5.91 Å². The number of thiazole rings is 1. The molecule has 0 saturated carbocycles. The molecule has 3 heterocycles. The zero-order valence-electron chi connectivity index (χ0n) is 12.7. The minimum atomic E-state index is -0.210. The van der Waals surface area contributed by atoms with E-state index in [4.69, 9.17) is 17.1 Å². The lowest BCUT2D eigenvalue weighted by atomic mass is 10.3. The summed E-state index contributed by atoms with van der Waals surface area (Å²) < 4.78 is 0. The van der Waals surface area contributed by atoms with E-state index in [2.05, 4.69) is 20.0 Å². The first kappa shape index (κ1) is 17.4. The van der Waals surface area contributed by atoms with E-state index in [-0.39, 0.29) is 24.1 Å². The number of amides is 1. The van der Waals surface area contributed by atoms with Gasteiger partial charge < -0.3 is 0 Å². The molecule has 0 N–H and O–H groups in total. The number of thiophene rings is 1. The quantitative estimate of drug-likeness (QED) is 0.341. The summed E-state index contributed by atoms with van der Waals surface area (Å²) in [6.07, 6.45) is 3.36. The minimum absolute atomic E-state index is 0.142. The fraction of sp³-hybridized carbons (Fsp3) is 0.133. The Balaban J connectivity index is 1.96. The molecule has 0 radical (unpaired) electrons. The molecular weight excluding hydrogens is 380 g/mol. The molecule has 3 aromatic heterocycles. The number of aromatic nitrogens is 2. The standard InChI is InChI=1S/C15H11ClN6OS2/c16-12-15(25-13(20-12)10-2-1-4-18-8-10)22(6-5-19-21-17)14(23)11-3-7-24-9-11/h1-4,7-9H,5-6H2. The van der Waals surface area contributed by atoms with Gasteiger partial charge >= 0.3 is 0 Å². The van der Waals surface area contributed by atoms with Crippen molar-refractivity contribution in [2.75, 3.05) is 18.0 Å². The number of pyridine rings is 1. The van der Waals surface area contributed by atoms with Gasteiger partial charge in [-0.2, -0.15) is 11.3 Å². The highest BCUT2D eigenvalue weighted by molar-refractivity contribution is 7.19. The number of hydrogen-bond acceptors (Lipinski definition) is 6. The van der Waals surface area contributed by atoms with Crippen LogP contribution in [-0.4, -0.2) is 29.0 Å². The summed E-state index contributed by atoms with van der Waals surface area (Å²) in [5.41, 5.74) is 9.87. The highest BCUT2D eigenvalue weighted by atomic mass is 35.5. The molecule has 1 amide bonds. The Morgan fingerprint density at radius 3 is 3.00 bits per heavy atom. The van der Waals surface area contributed by atoms with E-state index in [9.17, 15) is 4.79 Å². The average Bonchev–Trinajstić information content (AvgIpc) is 3.29. The second kappa shape index (κ2) is 8.09. The monoisotopic (exact) mass is 390 g/mol. The molecule has 0 fully saturated rings. The van der Waals surface area contributed by atoms with Crippen LogP contribution in [0.3, 0.4) is 0 Å². The fourth-order valence-electron chi connectivity index (χ4n) is 2.10. The Kier molecular flexibility index (Phi) is 5.62. The topological polar surface area (TPSA) is 94.9 Å². The molecule has 0 unspecified atom stereocenters. The van der Waals surface area contributed by atoms with Crippen molar-refractivity contribution in [3.8, 4) is 10.6 Å². The van der Waals surface area contributed by atoms with Gasteiger partial charge in [0, 0.05) is 41.3 Å². The van der Waals surface area contributed by atoms with E-state index in [1.807, 2.05) is 11.4 Å². The fourth-order valence-corrected chi connectivity index (χ4v) is 4.05. The molecule has 0 spiro atoms. The zero-order chi connectivity index (χ0) is 17.6. The van der Waals surface area contributed by atoms with Crippen LogP contribution in [0.5, 0.6) is 0 Å². The molecule has 3 rings (SSSR count). The Bertz CT molecular complexity index is 906. The second-order valence-corrected chi connectivity index (χ2v) is 6.90. The maximum Gasteiger partial charge on any atom is 0.259 e. The minimum Gasteiger partial charge on any atom is -0.297 e. The van der Waals surface area contributed by atoms with Gasteiger partial charge in [-0.3, -0.25) is 14.7 Å². The number of halogens is 1. The summed E-state index contributed by atoms with van der Waals surface area (Å²) in [6.45, 7) is 0.357. The van der Waals surface area contributed by atoms with Crippen molar-refractivity contribution in [2.45, 2.75) is 0 Å². The van der Waals surface area contributed by atoms with Gasteiger partial charge in [-0.15, -0.1) is 0 Å². The van der Waals surface area contributed by atoms with Crippen molar-refractivity contribution in [1.29, 1.82) is 0 Å². The predicted octanol–water partition coefficient (Wildman–Crippen LogP) is 4.88. The molecule has 126 valence electrons. The first-order valence-corrected chi connectivity index (χ1v) is 9.26. The van der Waals surface area contributed by atoms with Crippen molar-refractivity contribution in [2.24, 2.45) is 5.11 Å². The summed E-state index contributed by atoms with van der Waals surface area (Å²) in [4.78, 5) is 25.4. The predicted molar refractivity (Wildman–Crippen MR) is 100 cm³/mol. The number of carbonyl (C=O) groups is 1. The molecule has 0 aromatic carbocycles. The number of anilines is 1. The van der Waals surface area contributed by atoms with Crippen molar-refractivity contribution in [1.82, 2.24) is 9.97 Å². The van der Waals surface area contributed by atoms with Crippen LogP contribution < -0.4 is 4.90 Å². The molecular formula is C15H11ClN6OS2. The van der Waals surface area contributed by atoms with Crippen LogP contribution in [0, 0.1) is 0 Å². The Morgan fingerprint density at radius 1 is 1.44 bits per heavy atom. The SMILES string of the molecule is [N-]=[N+]=NCCN(C(=O)c1ccsc1)c1sc(-c2cccnc2)nc1Cl. The number of hydrogen-bond donors (Lipinski definition) is 0. The van der Waals surface area contributed by atoms with Crippen LogP contribution >= 0.6 is 34.3 Å². The van der Waals surface area contributed by atoms with E-state index < -0.39 is 0 Å². The molecule has 3 aromatic rings. The maximum absolute atomic E-state index is 12.8. The van der Waals surface area contributed by atoms with Crippen LogP contribution in [0.1, 0.15) is 10.4 Å². The first-order chi connectivity index (χ1) is 12.2. The molecule has 0 aliphatic rings. The number of azide groups is 1. The lowest BCUT2D eigenvalue weighted by Gasteiger charge is -2.19. The third-order valence-electron chi connectivity index (χ3n) is 3.22. The van der Waals surface area contributed by atoms with Gasteiger partial charge in [-0.05, 0) is 29.1 Å². The van der Waals surface area contributed by atoms with E-state index in [0.29, 0.717) is 15.6 Å². The highest BCUT2D eigenvalue weighted by Gasteiger charge is 2.24. The van der Waals surface area contributed by atoms with E-state index in [0.717, 1.165) is 5.56 Å². The Labute approximate surface area is 156 Å². The van der Waals surface area contributed by atoms with Gasteiger partial charge in [-0.25, -0.2) is 4.98 Å². The number of rotatable bonds is 6. The summed E-state index contributed by atoms with van der Waals surface area (Å²) in [6, 6.07) is 5.42. The Morgan fingerprint density at radius 2 is 2.32 bits per heavy atom. The zero-order valence-corrected chi connectivity index (χ0v) is 15.1. The van der Waals surface area contributed by atoms with Crippen LogP contribution in [-0.2, 0) is 0 Å². The van der Waals surface area contributed by atoms with Crippen molar-refractivity contribution < 1.29 is 4.79 Å². The molecule has 0 bridgehead atoms. The molecule has 0 atom stereocenters. The van der Waals surface area contributed by atoms with Crippen molar-refractivity contribution in [3.63, 3.8) is 0 Å². The van der Waals surface area contributed by atoms with Gasteiger partial charge in [0.2, 0.25) is 0 Å². The molecule has 7 nitrogen and oxygen atoms in total. The van der Waals surface area contributed by atoms with E-state index >= 15 is 0 Å². The van der Waals surface area contributed by atoms with E-state index in [1.165, 1.54) is 27.6 Å².